The first kappa shape index (κ1) is 19.6. The van der Waals surface area contributed by atoms with Gasteiger partial charge in [0.2, 0.25) is 9.84 Å². The van der Waals surface area contributed by atoms with Gasteiger partial charge < -0.3 is 9.84 Å². The number of carbonyl (C=O) groups is 1. The van der Waals surface area contributed by atoms with E-state index in [1.165, 1.54) is 49.6 Å². The van der Waals surface area contributed by atoms with Crippen molar-refractivity contribution in [2.75, 3.05) is 7.11 Å². The van der Waals surface area contributed by atoms with Crippen LogP contribution in [0.25, 0.3) is 11.1 Å². The van der Waals surface area contributed by atoms with Crippen LogP contribution >= 0.6 is 0 Å². The van der Waals surface area contributed by atoms with Crippen molar-refractivity contribution in [3.8, 4) is 16.9 Å². The number of carboxylic acid groups (broad SMARTS) is 1. The molecule has 0 aromatic heterocycles. The van der Waals surface area contributed by atoms with Crippen LogP contribution in [0.5, 0.6) is 5.75 Å². The molecule has 0 aliphatic carbocycles. The third-order valence-corrected chi connectivity index (χ3v) is 5.87. The second-order valence-electron chi connectivity index (χ2n) is 6.13. The molecule has 5 nitrogen and oxygen atoms in total. The number of methoxy groups -OCH3 is 1. The zero-order valence-corrected chi connectivity index (χ0v) is 15.7. The highest BCUT2D eigenvalue weighted by molar-refractivity contribution is 7.91. The molecule has 3 aromatic rings. The number of rotatable bonds is 6. The van der Waals surface area contributed by atoms with Crippen LogP contribution in [0.15, 0.2) is 76.5 Å². The van der Waals surface area contributed by atoms with E-state index in [1.54, 1.807) is 24.3 Å². The summed E-state index contributed by atoms with van der Waals surface area (Å²) in [6.07, 6.45) is -0.330. The summed E-state index contributed by atoms with van der Waals surface area (Å²) >= 11 is 0. The number of sulfone groups is 1. The number of hydrogen-bond acceptors (Lipinski definition) is 4. The molecule has 0 radical (unpaired) electrons. The number of hydrogen-bond donors (Lipinski definition) is 1. The molecule has 0 heterocycles. The maximum absolute atomic E-state index is 13.5. The van der Waals surface area contributed by atoms with Gasteiger partial charge in [-0.2, -0.15) is 0 Å². The Balaban J connectivity index is 2.08. The third kappa shape index (κ3) is 4.20. The van der Waals surface area contributed by atoms with Crippen molar-refractivity contribution in [2.24, 2.45) is 0 Å². The summed E-state index contributed by atoms with van der Waals surface area (Å²) in [5.74, 6) is -1.25. The predicted octanol–water partition coefficient (Wildman–Crippen LogP) is 3.96. The Kier molecular flexibility index (Phi) is 5.46. The lowest BCUT2D eigenvalue weighted by Gasteiger charge is -2.11. The maximum Gasteiger partial charge on any atom is 0.307 e. The van der Waals surface area contributed by atoms with Crippen LogP contribution in [0.1, 0.15) is 5.56 Å². The molecule has 0 amide bonds. The molecule has 0 bridgehead atoms. The van der Waals surface area contributed by atoms with Gasteiger partial charge >= 0.3 is 5.97 Å². The van der Waals surface area contributed by atoms with Crippen LogP contribution in [0.2, 0.25) is 0 Å². The Morgan fingerprint density at radius 1 is 0.964 bits per heavy atom. The number of aliphatic carboxylic acids is 1. The van der Waals surface area contributed by atoms with Gasteiger partial charge in [0.05, 0.1) is 23.3 Å². The standard InChI is InChI=1S/C21H17FO5S/c1-27-18-8-14(10-21(23)24)9-20(13-18)28(25,26)19-7-3-5-16(12-19)15-4-2-6-17(22)11-15/h2-9,11-13H,10H2,1H3,(H,23,24). The lowest BCUT2D eigenvalue weighted by atomic mass is 10.1. The van der Waals surface area contributed by atoms with Gasteiger partial charge in [0.15, 0.2) is 0 Å². The van der Waals surface area contributed by atoms with E-state index in [0.29, 0.717) is 16.7 Å². The van der Waals surface area contributed by atoms with Gasteiger partial charge in [-0.15, -0.1) is 0 Å². The molecular formula is C21H17FO5S. The molecule has 1 N–H and O–H groups in total. The largest absolute Gasteiger partial charge is 0.497 e. The highest BCUT2D eigenvalue weighted by Gasteiger charge is 2.20. The second kappa shape index (κ2) is 7.82. The van der Waals surface area contributed by atoms with E-state index < -0.39 is 21.6 Å². The average molecular weight is 400 g/mol. The molecule has 3 aromatic carbocycles. The smallest absolute Gasteiger partial charge is 0.307 e. The average Bonchev–Trinajstić information content (AvgIpc) is 2.67. The van der Waals surface area contributed by atoms with Gasteiger partial charge in [-0.1, -0.05) is 24.3 Å². The molecule has 0 fully saturated rings. The van der Waals surface area contributed by atoms with Gasteiger partial charge in [0, 0.05) is 0 Å². The van der Waals surface area contributed by atoms with Gasteiger partial charge in [0.1, 0.15) is 11.6 Å². The van der Waals surface area contributed by atoms with Crippen molar-refractivity contribution >= 4 is 15.8 Å². The van der Waals surface area contributed by atoms with E-state index in [2.05, 4.69) is 0 Å². The minimum atomic E-state index is -3.94. The zero-order valence-electron chi connectivity index (χ0n) is 14.9. The highest BCUT2D eigenvalue weighted by atomic mass is 32.2. The summed E-state index contributed by atoms with van der Waals surface area (Å²) in [6, 6.07) is 16.2. The van der Waals surface area contributed by atoms with Crippen LogP contribution < -0.4 is 4.74 Å². The molecule has 0 aliphatic rings. The van der Waals surface area contributed by atoms with E-state index in [1.807, 2.05) is 0 Å². The van der Waals surface area contributed by atoms with Crippen LogP contribution in [-0.2, 0) is 21.1 Å². The van der Waals surface area contributed by atoms with Gasteiger partial charge in [-0.3, -0.25) is 4.79 Å². The predicted molar refractivity (Wildman–Crippen MR) is 102 cm³/mol. The molecule has 0 unspecified atom stereocenters. The van der Waals surface area contributed by atoms with Crippen molar-refractivity contribution in [3.63, 3.8) is 0 Å². The Morgan fingerprint density at radius 2 is 1.64 bits per heavy atom. The first-order valence-electron chi connectivity index (χ1n) is 8.30. The number of ether oxygens (including phenoxy) is 1. The molecule has 28 heavy (non-hydrogen) atoms. The van der Waals surface area contributed by atoms with Gasteiger partial charge in [-0.05, 0) is 59.2 Å². The second-order valence-corrected chi connectivity index (χ2v) is 8.08. The summed E-state index contributed by atoms with van der Waals surface area (Å²) in [5, 5.41) is 9.01. The number of benzene rings is 3. The van der Waals surface area contributed by atoms with Crippen molar-refractivity contribution in [1.29, 1.82) is 0 Å². The van der Waals surface area contributed by atoms with Gasteiger partial charge in [0.25, 0.3) is 0 Å². The molecule has 0 saturated heterocycles. The fourth-order valence-corrected chi connectivity index (χ4v) is 4.22. The van der Waals surface area contributed by atoms with E-state index in [9.17, 15) is 17.6 Å². The molecular weight excluding hydrogens is 383 g/mol. The van der Waals surface area contributed by atoms with Crippen molar-refractivity contribution in [3.05, 3.63) is 78.1 Å². The van der Waals surface area contributed by atoms with Gasteiger partial charge in [-0.25, -0.2) is 12.8 Å². The highest BCUT2D eigenvalue weighted by Crippen LogP contribution is 2.29. The van der Waals surface area contributed by atoms with Crippen molar-refractivity contribution in [2.45, 2.75) is 16.2 Å². The monoisotopic (exact) mass is 400 g/mol. The Morgan fingerprint density at radius 3 is 2.29 bits per heavy atom. The first-order valence-corrected chi connectivity index (χ1v) is 9.79. The van der Waals surface area contributed by atoms with E-state index in [0.717, 1.165) is 0 Å². The Bertz CT molecular complexity index is 1140. The minimum Gasteiger partial charge on any atom is -0.497 e. The quantitative estimate of drug-likeness (QED) is 0.677. The third-order valence-electron chi connectivity index (χ3n) is 4.14. The topological polar surface area (TPSA) is 80.7 Å². The summed E-state index contributed by atoms with van der Waals surface area (Å²) in [7, 11) is -2.56. The Labute approximate surface area is 162 Å². The Hall–Kier alpha value is -3.19. The molecule has 0 aliphatic heterocycles. The van der Waals surface area contributed by atoms with Crippen LogP contribution in [-0.4, -0.2) is 26.6 Å². The van der Waals surface area contributed by atoms with Crippen LogP contribution in [0, 0.1) is 5.82 Å². The summed E-state index contributed by atoms with van der Waals surface area (Å²) < 4.78 is 44.8. The minimum absolute atomic E-state index is 0.0174. The van der Waals surface area contributed by atoms with Crippen molar-refractivity contribution in [1.82, 2.24) is 0 Å². The lowest BCUT2D eigenvalue weighted by Crippen LogP contribution is -2.06. The zero-order chi connectivity index (χ0) is 20.3. The SMILES string of the molecule is COc1cc(CC(=O)O)cc(S(=O)(=O)c2cccc(-c3cccc(F)c3)c2)c1. The van der Waals surface area contributed by atoms with E-state index in [4.69, 9.17) is 9.84 Å². The molecule has 144 valence electrons. The fourth-order valence-electron chi connectivity index (χ4n) is 2.83. The molecule has 3 rings (SSSR count). The van der Waals surface area contributed by atoms with Crippen molar-refractivity contribution < 1.29 is 27.4 Å². The first-order chi connectivity index (χ1) is 13.3. The van der Waals surface area contributed by atoms with E-state index in [-0.39, 0.29) is 22.0 Å². The molecule has 7 heteroatoms. The van der Waals surface area contributed by atoms with E-state index >= 15 is 0 Å². The fraction of sp³-hybridized carbons (Fsp3) is 0.0952. The molecule has 0 atom stereocenters. The summed E-state index contributed by atoms with van der Waals surface area (Å²) in [4.78, 5) is 11.0. The van der Waals surface area contributed by atoms with Crippen LogP contribution in [0.4, 0.5) is 4.39 Å². The lowest BCUT2D eigenvalue weighted by molar-refractivity contribution is -0.136. The maximum atomic E-state index is 13.5. The summed E-state index contributed by atoms with van der Waals surface area (Å²) in [6.45, 7) is 0. The van der Waals surface area contributed by atoms with Crippen LogP contribution in [0.3, 0.4) is 0 Å². The molecule has 0 saturated carbocycles. The molecule has 0 spiro atoms. The number of halogens is 1. The summed E-state index contributed by atoms with van der Waals surface area (Å²) in [5.41, 5.74) is 1.41. The number of carboxylic acids is 1. The normalized spacial score (nSPS) is 11.2.